The lowest BCUT2D eigenvalue weighted by atomic mass is 10.0. The third-order valence-electron chi connectivity index (χ3n) is 8.11. The van der Waals surface area contributed by atoms with Crippen molar-refractivity contribution in [3.05, 3.63) is 114 Å². The standard InChI is InChI=1S/C34H33N3O3/c38-31(23-37-29-20-10-16-26-15-9-19-28(32(26)29)34(37)40)36(22-25-13-5-2-6-14-25)30(21-24-11-3-1-4-12-24)33(39)35-27-17-7-8-18-27/h1-6,9-16,19-20,27,30H,7-8,17-18,21-23H2,(H,35,39)/t30-/m0/s1. The Hall–Kier alpha value is -4.45. The summed E-state index contributed by atoms with van der Waals surface area (Å²) in [6.45, 7) is 0.135. The fourth-order valence-corrected chi connectivity index (χ4v) is 6.06. The molecule has 2 aliphatic rings. The summed E-state index contributed by atoms with van der Waals surface area (Å²) in [5, 5.41) is 5.08. The van der Waals surface area contributed by atoms with Gasteiger partial charge in [-0.15, -0.1) is 0 Å². The van der Waals surface area contributed by atoms with Gasteiger partial charge in [-0.05, 0) is 41.5 Å². The molecule has 1 aliphatic heterocycles. The van der Waals surface area contributed by atoms with E-state index in [1.165, 1.54) is 0 Å². The third-order valence-corrected chi connectivity index (χ3v) is 8.11. The molecule has 1 atom stereocenters. The summed E-state index contributed by atoms with van der Waals surface area (Å²) >= 11 is 0. The quantitative estimate of drug-likeness (QED) is 0.310. The smallest absolute Gasteiger partial charge is 0.259 e. The zero-order chi connectivity index (χ0) is 27.5. The van der Waals surface area contributed by atoms with Crippen LogP contribution in [0.25, 0.3) is 10.8 Å². The number of anilines is 1. The Balaban J connectivity index is 1.34. The van der Waals surface area contributed by atoms with Crippen molar-refractivity contribution < 1.29 is 14.4 Å². The summed E-state index contributed by atoms with van der Waals surface area (Å²) in [6.07, 6.45) is 4.51. The highest BCUT2D eigenvalue weighted by atomic mass is 16.2. The summed E-state index contributed by atoms with van der Waals surface area (Å²) in [5.74, 6) is -0.586. The molecule has 0 saturated heterocycles. The summed E-state index contributed by atoms with van der Waals surface area (Å²) in [6, 6.07) is 30.4. The van der Waals surface area contributed by atoms with E-state index in [-0.39, 0.29) is 36.9 Å². The molecular formula is C34H33N3O3. The van der Waals surface area contributed by atoms with Gasteiger partial charge in [-0.1, -0.05) is 97.8 Å². The minimum atomic E-state index is -0.716. The molecule has 202 valence electrons. The molecule has 0 spiro atoms. The summed E-state index contributed by atoms with van der Waals surface area (Å²) in [4.78, 5) is 44.9. The molecule has 1 aliphatic carbocycles. The maximum Gasteiger partial charge on any atom is 0.259 e. The zero-order valence-corrected chi connectivity index (χ0v) is 22.5. The number of carbonyl (C=O) groups excluding carboxylic acids is 3. The lowest BCUT2D eigenvalue weighted by Crippen LogP contribution is -2.54. The van der Waals surface area contributed by atoms with Crippen LogP contribution >= 0.6 is 0 Å². The molecule has 0 radical (unpaired) electrons. The van der Waals surface area contributed by atoms with Gasteiger partial charge < -0.3 is 10.2 Å². The topological polar surface area (TPSA) is 69.7 Å². The number of nitrogens with one attached hydrogen (secondary N) is 1. The van der Waals surface area contributed by atoms with E-state index in [4.69, 9.17) is 0 Å². The van der Waals surface area contributed by atoms with Crippen molar-refractivity contribution in [2.45, 2.75) is 50.7 Å². The summed E-state index contributed by atoms with van der Waals surface area (Å²) in [7, 11) is 0. The number of rotatable bonds is 9. The lowest BCUT2D eigenvalue weighted by molar-refractivity contribution is -0.140. The lowest BCUT2D eigenvalue weighted by Gasteiger charge is -2.33. The molecule has 6 rings (SSSR count). The van der Waals surface area contributed by atoms with Crippen molar-refractivity contribution in [3.8, 4) is 0 Å². The fraction of sp³-hybridized carbons (Fsp3) is 0.265. The minimum Gasteiger partial charge on any atom is -0.352 e. The maximum absolute atomic E-state index is 14.2. The van der Waals surface area contributed by atoms with Crippen LogP contribution in [0.5, 0.6) is 0 Å². The van der Waals surface area contributed by atoms with Crippen molar-refractivity contribution in [3.63, 3.8) is 0 Å². The van der Waals surface area contributed by atoms with Crippen molar-refractivity contribution >= 4 is 34.2 Å². The van der Waals surface area contributed by atoms with E-state index in [0.29, 0.717) is 12.0 Å². The van der Waals surface area contributed by atoms with Gasteiger partial charge in [0.05, 0.1) is 5.69 Å². The molecule has 6 heteroatoms. The number of hydrogen-bond acceptors (Lipinski definition) is 3. The number of benzene rings is 4. The van der Waals surface area contributed by atoms with Crippen LogP contribution in [-0.2, 0) is 22.6 Å². The molecule has 1 saturated carbocycles. The van der Waals surface area contributed by atoms with Crippen molar-refractivity contribution in [1.82, 2.24) is 10.2 Å². The predicted octanol–water partition coefficient (Wildman–Crippen LogP) is 5.50. The first-order valence-corrected chi connectivity index (χ1v) is 14.1. The van der Waals surface area contributed by atoms with Gasteiger partial charge in [0.2, 0.25) is 11.8 Å². The molecule has 3 amide bonds. The third kappa shape index (κ3) is 5.22. The van der Waals surface area contributed by atoms with Gasteiger partial charge in [0, 0.05) is 30.0 Å². The van der Waals surface area contributed by atoms with Gasteiger partial charge in [-0.3, -0.25) is 19.3 Å². The summed E-state index contributed by atoms with van der Waals surface area (Å²) in [5.41, 5.74) is 3.26. The Bertz CT molecular complexity index is 1530. The van der Waals surface area contributed by atoms with Crippen LogP contribution in [0.3, 0.4) is 0 Å². The Morgan fingerprint density at radius 1 is 0.825 bits per heavy atom. The van der Waals surface area contributed by atoms with Crippen molar-refractivity contribution in [2.75, 3.05) is 11.4 Å². The highest BCUT2D eigenvalue weighted by Gasteiger charge is 2.36. The van der Waals surface area contributed by atoms with Crippen LogP contribution in [0.4, 0.5) is 5.69 Å². The molecule has 1 N–H and O–H groups in total. The van der Waals surface area contributed by atoms with Crippen molar-refractivity contribution in [1.29, 1.82) is 0 Å². The van der Waals surface area contributed by atoms with Crippen molar-refractivity contribution in [2.24, 2.45) is 0 Å². The summed E-state index contributed by atoms with van der Waals surface area (Å²) < 4.78 is 0. The van der Waals surface area contributed by atoms with E-state index in [0.717, 1.165) is 53.3 Å². The molecular weight excluding hydrogens is 498 g/mol. The molecule has 1 heterocycles. The van der Waals surface area contributed by atoms with Crippen LogP contribution in [0, 0.1) is 0 Å². The largest absolute Gasteiger partial charge is 0.352 e. The molecule has 4 aromatic rings. The minimum absolute atomic E-state index is 0.131. The average Bonchev–Trinajstić information content (AvgIpc) is 3.59. The SMILES string of the molecule is O=C(NC1CCCC1)[C@H](Cc1ccccc1)N(Cc1ccccc1)C(=O)CN1C(=O)c2cccc3cccc1c23. The molecule has 4 aromatic carbocycles. The van der Waals surface area contributed by atoms with Crippen LogP contribution in [0.1, 0.15) is 47.2 Å². The van der Waals surface area contributed by atoms with E-state index < -0.39 is 6.04 Å². The average molecular weight is 532 g/mol. The van der Waals surface area contributed by atoms with Crippen LogP contribution in [0.15, 0.2) is 97.1 Å². The monoisotopic (exact) mass is 531 g/mol. The molecule has 1 fully saturated rings. The van der Waals surface area contributed by atoms with E-state index in [9.17, 15) is 14.4 Å². The normalized spacial score (nSPS) is 15.4. The second kappa shape index (κ2) is 11.3. The molecule has 40 heavy (non-hydrogen) atoms. The first kappa shape index (κ1) is 25.8. The predicted molar refractivity (Wildman–Crippen MR) is 157 cm³/mol. The van der Waals surface area contributed by atoms with Gasteiger partial charge in [0.15, 0.2) is 0 Å². The zero-order valence-electron chi connectivity index (χ0n) is 22.5. The molecule has 0 bridgehead atoms. The number of carbonyl (C=O) groups is 3. The van der Waals surface area contributed by atoms with Gasteiger partial charge in [-0.25, -0.2) is 0 Å². The van der Waals surface area contributed by atoms with Crippen LogP contribution < -0.4 is 10.2 Å². The van der Waals surface area contributed by atoms with Crippen LogP contribution in [0.2, 0.25) is 0 Å². The Morgan fingerprint density at radius 3 is 2.17 bits per heavy atom. The first-order valence-electron chi connectivity index (χ1n) is 14.1. The van der Waals surface area contributed by atoms with Gasteiger partial charge in [0.1, 0.15) is 12.6 Å². The van der Waals surface area contributed by atoms with E-state index in [1.807, 2.05) is 97.1 Å². The van der Waals surface area contributed by atoms with E-state index in [2.05, 4.69) is 5.32 Å². The number of hydrogen-bond donors (Lipinski definition) is 1. The highest BCUT2D eigenvalue weighted by Crippen LogP contribution is 2.37. The van der Waals surface area contributed by atoms with Gasteiger partial charge >= 0.3 is 0 Å². The first-order chi connectivity index (χ1) is 19.6. The molecule has 0 aromatic heterocycles. The molecule has 0 unspecified atom stereocenters. The molecule has 6 nitrogen and oxygen atoms in total. The Labute approximate surface area is 234 Å². The van der Waals surface area contributed by atoms with Crippen LogP contribution in [-0.4, -0.2) is 41.2 Å². The van der Waals surface area contributed by atoms with E-state index >= 15 is 0 Å². The number of amides is 3. The maximum atomic E-state index is 14.2. The Morgan fingerprint density at radius 2 is 1.48 bits per heavy atom. The van der Waals surface area contributed by atoms with E-state index in [1.54, 1.807) is 9.80 Å². The van der Waals surface area contributed by atoms with Gasteiger partial charge in [0.25, 0.3) is 5.91 Å². The highest BCUT2D eigenvalue weighted by molar-refractivity contribution is 6.26. The second-order valence-electron chi connectivity index (χ2n) is 10.8. The Kier molecular flexibility index (Phi) is 7.32. The number of nitrogens with zero attached hydrogens (tertiary/aromatic N) is 2. The second-order valence-corrected chi connectivity index (χ2v) is 10.8. The fourth-order valence-electron chi connectivity index (χ4n) is 6.06. The van der Waals surface area contributed by atoms with Gasteiger partial charge in [-0.2, -0.15) is 0 Å².